The van der Waals surface area contributed by atoms with E-state index in [4.69, 9.17) is 15.5 Å². The minimum absolute atomic E-state index is 0.0132. The Morgan fingerprint density at radius 2 is 1.07 bits per heavy atom. The van der Waals surface area contributed by atoms with Gasteiger partial charge >= 0.3 is 17.6 Å². The van der Waals surface area contributed by atoms with Crippen molar-refractivity contribution < 1.29 is 19.4 Å². The van der Waals surface area contributed by atoms with Crippen molar-refractivity contribution in [2.45, 2.75) is 103 Å². The van der Waals surface area contributed by atoms with Gasteiger partial charge in [0.25, 0.3) is 16.7 Å². The van der Waals surface area contributed by atoms with Crippen LogP contribution in [0.3, 0.4) is 0 Å². The van der Waals surface area contributed by atoms with Gasteiger partial charge in [-0.1, -0.05) is 30.4 Å². The molecule has 125 heavy (non-hydrogen) atoms. The van der Waals surface area contributed by atoms with Gasteiger partial charge < -0.3 is 89.4 Å². The van der Waals surface area contributed by atoms with Crippen LogP contribution in [0, 0.1) is 25.6 Å². The molecule has 0 unspecified atom stereocenters. The summed E-state index contributed by atoms with van der Waals surface area (Å²) in [5.41, 5.74) is 21.4. The third-order valence-electron chi connectivity index (χ3n) is 23.1. The normalized spacial score (nSPS) is 16.3. The van der Waals surface area contributed by atoms with Crippen LogP contribution in [0.25, 0.3) is 27.8 Å². The first kappa shape index (κ1) is 92.8. The van der Waals surface area contributed by atoms with Crippen LogP contribution >= 0.6 is 47.8 Å². The van der Waals surface area contributed by atoms with E-state index >= 15 is 0 Å². The van der Waals surface area contributed by atoms with E-state index in [0.717, 1.165) is 146 Å². The second-order valence-electron chi connectivity index (χ2n) is 32.1. The van der Waals surface area contributed by atoms with Crippen molar-refractivity contribution in [3.8, 4) is 11.1 Å². The van der Waals surface area contributed by atoms with E-state index in [9.17, 15) is 44.8 Å². The number of rotatable bonds is 15. The maximum absolute atomic E-state index is 13.3. The van der Waals surface area contributed by atoms with Gasteiger partial charge in [0, 0.05) is 166 Å². The molecule has 10 aromatic rings. The molecule has 0 bridgehead atoms. The number of aromatic nitrogens is 10. The number of fused-ring (bicyclic) bond motifs is 3. The molecule has 0 aromatic carbocycles. The lowest BCUT2D eigenvalue weighted by atomic mass is 9.91. The fourth-order valence-electron chi connectivity index (χ4n) is 15.8. The molecule has 0 radical (unpaired) electrons. The van der Waals surface area contributed by atoms with E-state index in [1.807, 2.05) is 53.8 Å². The number of pyridine rings is 9. The fourth-order valence-corrected chi connectivity index (χ4v) is 17.7. The minimum Gasteiger partial charge on any atom is -0.461 e. The van der Waals surface area contributed by atoms with Gasteiger partial charge in [0.2, 0.25) is 0 Å². The van der Waals surface area contributed by atoms with E-state index in [2.05, 4.69) is 184 Å². The van der Waals surface area contributed by atoms with Gasteiger partial charge in [-0.2, -0.15) is 0 Å². The average Bonchev–Trinajstić information content (AvgIpc) is 1.60. The Bertz CT molecular complexity index is 5720. The zero-order valence-electron chi connectivity index (χ0n) is 71.7. The van der Waals surface area contributed by atoms with Gasteiger partial charge in [0.15, 0.2) is 5.84 Å². The van der Waals surface area contributed by atoms with Crippen molar-refractivity contribution in [3.05, 3.63) is 280 Å². The summed E-state index contributed by atoms with van der Waals surface area (Å²) in [5, 5.41) is 39.6. The van der Waals surface area contributed by atoms with E-state index in [0.29, 0.717) is 68.9 Å². The summed E-state index contributed by atoms with van der Waals surface area (Å²) in [6.07, 6.45) is 34.4. The molecule has 0 amide bonds. The van der Waals surface area contributed by atoms with E-state index < -0.39 is 15.8 Å². The SMILES string of the molecule is CC(=O)OCc1c(-c2cc(Nc3ccc(C4CCN(C)CC4)cn3)c(=O)n(C)c2)ccnc1N1CCn2c(cc3c2CCCC3)C1=N.CN1CC=C(c2ccc(Nc3cc(Br)cn(C)c3=O)nc2)CC1.CN1CC=C(c2ccc([N+](=O)[O-])nc2)CC1.CN1CCC(c2ccc(N)nc2)CC1.Cn1cc(Br)cc(Br)c1=O.O=[N+]([O-])c1ccc(C2=CCNCC2)cn1. The van der Waals surface area contributed by atoms with Crippen molar-refractivity contribution in [1.82, 2.24) is 73.1 Å². The van der Waals surface area contributed by atoms with Gasteiger partial charge in [0.05, 0.1) is 10.2 Å². The Morgan fingerprint density at radius 3 is 1.57 bits per heavy atom. The molecule has 17 rings (SSSR count). The summed E-state index contributed by atoms with van der Waals surface area (Å²) in [4.78, 5) is 105. The number of anilines is 6. The molecule has 1 aliphatic carbocycles. The summed E-state index contributed by atoms with van der Waals surface area (Å²) in [7, 11) is 13.7. The van der Waals surface area contributed by atoms with Crippen molar-refractivity contribution in [3.63, 3.8) is 0 Å². The molecule has 7 aliphatic rings. The van der Waals surface area contributed by atoms with Crippen molar-refractivity contribution in [2.75, 3.05) is 121 Å². The van der Waals surface area contributed by atoms with Crippen LogP contribution in [-0.4, -0.2) is 190 Å². The number of hydrogen-bond donors (Lipinski definition) is 5. The molecule has 6 aliphatic heterocycles. The predicted octanol–water partition coefficient (Wildman–Crippen LogP) is 14.4. The van der Waals surface area contributed by atoms with Crippen LogP contribution in [0.4, 0.5) is 46.3 Å². The molecule has 6 N–H and O–H groups in total. The molecule has 16 heterocycles. The van der Waals surface area contributed by atoms with E-state index in [1.54, 1.807) is 87.2 Å². The first-order valence-corrected chi connectivity index (χ1v) is 44.2. The number of ether oxygens (including phenoxy) is 1. The largest absolute Gasteiger partial charge is 0.461 e. The molecule has 31 nitrogen and oxygen atoms in total. The number of nitrogens with zero attached hydrogens (tertiary/aromatic N) is 17. The quantitative estimate of drug-likeness (QED) is 0.0361. The third kappa shape index (κ3) is 25.3. The minimum atomic E-state index is -0.486. The van der Waals surface area contributed by atoms with E-state index in [-0.39, 0.29) is 34.9 Å². The number of likely N-dealkylation sites (tertiary alicyclic amines) is 2. The molecule has 10 aromatic heterocycles. The first-order valence-electron chi connectivity index (χ1n) is 41.8. The Hall–Kier alpha value is -11.4. The predicted molar refractivity (Wildman–Crippen MR) is 502 cm³/mol. The lowest BCUT2D eigenvalue weighted by Gasteiger charge is -2.33. The molecule has 2 saturated heterocycles. The van der Waals surface area contributed by atoms with E-state index in [1.165, 1.54) is 106 Å². The zero-order chi connectivity index (χ0) is 89.0. The third-order valence-corrected chi connectivity index (χ3v) is 24.5. The molecule has 0 atom stereocenters. The molecule has 656 valence electrons. The highest BCUT2D eigenvalue weighted by Gasteiger charge is 2.32. The van der Waals surface area contributed by atoms with Gasteiger partial charge in [0.1, 0.15) is 53.6 Å². The number of hydrogen-bond acceptors (Lipinski definition) is 24. The van der Waals surface area contributed by atoms with Crippen LogP contribution in [0.15, 0.2) is 193 Å². The lowest BCUT2D eigenvalue weighted by molar-refractivity contribution is -0.389. The Morgan fingerprint density at radius 1 is 0.552 bits per heavy atom. The smallest absolute Gasteiger partial charge is 0.363 e. The molecule has 2 fully saturated rings. The van der Waals surface area contributed by atoms with Gasteiger partial charge in [-0.05, 0) is 322 Å². The first-order chi connectivity index (χ1) is 60.1. The Labute approximate surface area is 751 Å². The van der Waals surface area contributed by atoms with Gasteiger partial charge in [-0.15, -0.1) is 0 Å². The van der Waals surface area contributed by atoms with Crippen molar-refractivity contribution in [2.24, 2.45) is 21.1 Å². The number of nitrogens with one attached hydrogen (secondary N) is 4. The zero-order valence-corrected chi connectivity index (χ0v) is 76.5. The molecular formula is C91H107Br3N22O9. The summed E-state index contributed by atoms with van der Waals surface area (Å²) >= 11 is 9.79. The molecular weight excluding hydrogens is 1780 g/mol. The number of nitrogens with two attached hydrogens (primary N) is 1. The molecule has 0 saturated carbocycles. The number of nitrogen functional groups attached to an aromatic ring is 1. The lowest BCUT2D eigenvalue weighted by Crippen LogP contribution is -2.41. The maximum Gasteiger partial charge on any atom is 0.363 e. The number of esters is 1. The number of piperidine rings is 2. The van der Waals surface area contributed by atoms with Crippen molar-refractivity contribution in [1.29, 1.82) is 5.41 Å². The standard InChI is InChI=1S/C36H42N8O3.C17H19BrN4O.C11H13N3O2.C11H17N3.C10H11N3O2.C6H5Br2NO/c1-23(45)47-22-29-28(10-13-38-35(29)44-17-16-43-31-7-5-4-6-25(31)19-32(43)34(44)37)27-18-30(36(46)42(3)21-27)40-33-9-8-26(20-39-33)24-11-14-41(2)15-12-24;1-21-7-5-12(6-8-21)13-3-4-16(19-10-13)20-15-9-14(18)11-22(2)17(15)23;1-13-6-4-9(5-7-13)10-2-3-11(12-8-10)14(15)16;1-14-6-4-9(5-7-14)10-2-3-11(12)13-8-10;14-13(15)10-2-1-9(7-12-10)8-3-5-11-6-4-8;1-9-3-4(7)2-5(8)6(9)10/h8-10,13,18-21,24,37H,4-7,11-12,14-17,22H2,1-3H3,(H,39,40);3-5,9-11H,6-8H2,1-2H3,(H,19,20);2-4,8H,5-7H2,1H3;2-3,8-9H,4-7H2,1H3,(H2,12,13);1-3,7,11H,4-6H2;2-3H,1H3. The highest BCUT2D eigenvalue weighted by Crippen LogP contribution is 2.37. The Kier molecular flexibility index (Phi) is 32.7. The highest BCUT2D eigenvalue weighted by atomic mass is 79.9. The molecule has 0 spiro atoms. The summed E-state index contributed by atoms with van der Waals surface area (Å²) in [5.74, 6) is 3.41. The van der Waals surface area contributed by atoms with Crippen LogP contribution < -0.4 is 43.3 Å². The molecule has 34 heteroatoms. The van der Waals surface area contributed by atoms with Crippen molar-refractivity contribution >= 4 is 123 Å². The summed E-state index contributed by atoms with van der Waals surface area (Å²) in [6.45, 7) is 13.0. The summed E-state index contributed by atoms with van der Waals surface area (Å²) < 4.78 is 14.7. The summed E-state index contributed by atoms with van der Waals surface area (Å²) in [6, 6.07) is 27.8. The number of nitro groups is 2. The monoisotopic (exact) mass is 1890 g/mol. The highest BCUT2D eigenvalue weighted by molar-refractivity contribution is 9.11. The second kappa shape index (κ2) is 44.0. The topological polar surface area (TPSA) is 363 Å². The van der Waals surface area contributed by atoms with Crippen LogP contribution in [0.5, 0.6) is 0 Å². The van der Waals surface area contributed by atoms with Crippen LogP contribution in [0.2, 0.25) is 0 Å². The number of carbonyl (C=O) groups is 1. The fraction of sp³-hybridized carbons (Fsp3) is 0.374. The number of likely N-dealkylation sites (N-methyl/N-ethyl adjacent to an activating group) is 2. The Balaban J connectivity index is 0.000000151. The average molecular weight is 1890 g/mol. The van der Waals surface area contributed by atoms with Gasteiger partial charge in [-0.3, -0.25) is 24.6 Å². The number of aryl methyl sites for hydroxylation is 4. The number of halogens is 3. The van der Waals surface area contributed by atoms with Crippen LogP contribution in [0.1, 0.15) is 127 Å². The number of amidine groups is 1. The maximum atomic E-state index is 13.3. The second-order valence-corrected chi connectivity index (χ2v) is 34.8. The number of carbonyl (C=O) groups excluding carboxylic acids is 1. The van der Waals surface area contributed by atoms with Gasteiger partial charge in [-0.25, -0.2) is 19.9 Å². The van der Waals surface area contributed by atoms with Crippen LogP contribution in [-0.2, 0) is 56.7 Å².